The Morgan fingerprint density at radius 1 is 1.17 bits per heavy atom. The topological polar surface area (TPSA) is 99.1 Å². The van der Waals surface area contributed by atoms with Gasteiger partial charge < -0.3 is 9.79 Å². The third-order valence-corrected chi connectivity index (χ3v) is 6.64. The van der Waals surface area contributed by atoms with Crippen molar-refractivity contribution in [3.63, 3.8) is 0 Å². The zero-order valence-electron chi connectivity index (χ0n) is 14.9. The summed E-state index contributed by atoms with van der Waals surface area (Å²) in [6, 6.07) is 13.6. The number of rotatable bonds is 8. The Kier molecular flexibility index (Phi) is 6.90. The minimum absolute atomic E-state index is 0.0301. The van der Waals surface area contributed by atoms with Crippen LogP contribution in [-0.4, -0.2) is 30.7 Å². The lowest BCUT2D eigenvalue weighted by atomic mass is 10.1. The van der Waals surface area contributed by atoms with Crippen molar-refractivity contribution in [2.45, 2.75) is 23.7 Å². The molecule has 0 radical (unpaired) electrons. The smallest absolute Gasteiger partial charge is 0.320 e. The molecule has 29 heavy (non-hydrogen) atoms. The molecule has 3 rings (SSSR count). The summed E-state index contributed by atoms with van der Waals surface area (Å²) in [7, 11) is -5.60. The second-order valence-corrected chi connectivity index (χ2v) is 9.75. The van der Waals surface area contributed by atoms with Gasteiger partial charge in [0.15, 0.2) is 5.82 Å². The van der Waals surface area contributed by atoms with E-state index in [1.165, 1.54) is 23.9 Å². The van der Waals surface area contributed by atoms with Gasteiger partial charge in [-0.25, -0.2) is 4.98 Å². The van der Waals surface area contributed by atoms with Crippen LogP contribution in [0.4, 0.5) is 8.78 Å². The molecule has 0 atom stereocenters. The van der Waals surface area contributed by atoms with Gasteiger partial charge in [0.2, 0.25) is 5.16 Å². The average molecular weight is 504 g/mol. The van der Waals surface area contributed by atoms with E-state index in [0.717, 1.165) is 29.4 Å². The molecule has 0 aliphatic heterocycles. The fraction of sp³-hybridized carbons (Fsp3) is 0.222. The van der Waals surface area contributed by atoms with Crippen LogP contribution < -0.4 is 0 Å². The molecule has 0 fully saturated rings. The number of hydrogen-bond donors (Lipinski definition) is 3. The number of halogens is 3. The monoisotopic (exact) mass is 503 g/mol. The molecular weight excluding hydrogens is 487 g/mol. The first-order valence-corrected chi connectivity index (χ1v) is 11.9. The number of thioether (sulfide) groups is 1. The molecule has 154 valence electrons. The zero-order valence-corrected chi connectivity index (χ0v) is 18.2. The minimum Gasteiger partial charge on any atom is -0.320 e. The third-order valence-electron chi connectivity index (χ3n) is 4.08. The number of alkyl halides is 2. The maximum Gasteiger partial charge on any atom is 0.399 e. The summed E-state index contributed by atoms with van der Waals surface area (Å²) in [4.78, 5) is 22.2. The average Bonchev–Trinajstić information content (AvgIpc) is 3.14. The molecule has 11 heteroatoms. The molecule has 0 unspecified atom stereocenters. The van der Waals surface area contributed by atoms with E-state index in [9.17, 15) is 13.3 Å². The largest absolute Gasteiger partial charge is 0.399 e. The van der Waals surface area contributed by atoms with Crippen molar-refractivity contribution in [2.75, 3.05) is 5.75 Å². The van der Waals surface area contributed by atoms with Crippen molar-refractivity contribution in [1.29, 1.82) is 0 Å². The highest BCUT2D eigenvalue weighted by Gasteiger charge is 2.51. The van der Waals surface area contributed by atoms with E-state index in [1.54, 1.807) is 0 Å². The Morgan fingerprint density at radius 2 is 1.90 bits per heavy atom. The van der Waals surface area contributed by atoms with Gasteiger partial charge in [0, 0.05) is 21.4 Å². The van der Waals surface area contributed by atoms with Crippen molar-refractivity contribution in [1.82, 2.24) is 15.2 Å². The number of hydrogen-bond acceptors (Lipinski definition) is 4. The Labute approximate surface area is 178 Å². The summed E-state index contributed by atoms with van der Waals surface area (Å²) in [5.41, 5.74) is -3.23. The first-order valence-electron chi connectivity index (χ1n) is 8.51. The number of H-pyrrole nitrogens is 1. The molecule has 3 aromatic rings. The van der Waals surface area contributed by atoms with Gasteiger partial charge in [-0.15, -0.1) is 5.10 Å². The summed E-state index contributed by atoms with van der Waals surface area (Å²) >= 11 is 4.48. The SMILES string of the molecule is O=P(O)(O)C(F)(F)c1ccc(CCCSc2n[nH]c(-c3ccccc3)n2)cc1Br. The quantitative estimate of drug-likeness (QED) is 0.222. The lowest BCUT2D eigenvalue weighted by Gasteiger charge is -2.19. The van der Waals surface area contributed by atoms with Crippen molar-refractivity contribution in [3.05, 3.63) is 64.1 Å². The predicted octanol–water partition coefficient (Wildman–Crippen LogP) is 5.19. The summed E-state index contributed by atoms with van der Waals surface area (Å²) in [5, 5.41) is 7.70. The van der Waals surface area contributed by atoms with E-state index < -0.39 is 18.8 Å². The van der Waals surface area contributed by atoms with E-state index >= 15 is 0 Å². The maximum absolute atomic E-state index is 13.9. The van der Waals surface area contributed by atoms with Gasteiger partial charge in [-0.05, 0) is 24.5 Å². The third kappa shape index (κ3) is 5.32. The number of nitrogens with zero attached hydrogens (tertiary/aromatic N) is 2. The fourth-order valence-corrected chi connectivity index (χ4v) is 4.67. The predicted molar refractivity (Wildman–Crippen MR) is 111 cm³/mol. The highest BCUT2D eigenvalue weighted by Crippen LogP contribution is 2.60. The summed E-state index contributed by atoms with van der Waals surface area (Å²) in [6.07, 6.45) is 1.36. The Balaban J connectivity index is 1.54. The van der Waals surface area contributed by atoms with Crippen molar-refractivity contribution < 1.29 is 23.1 Å². The van der Waals surface area contributed by atoms with Crippen LogP contribution in [0.25, 0.3) is 11.4 Å². The number of aromatic amines is 1. The van der Waals surface area contributed by atoms with Crippen LogP contribution >= 0.6 is 35.3 Å². The summed E-state index contributed by atoms with van der Waals surface area (Å²) in [6.45, 7) is 0. The van der Waals surface area contributed by atoms with Crippen molar-refractivity contribution in [2.24, 2.45) is 0 Å². The summed E-state index contributed by atoms with van der Waals surface area (Å²) in [5.74, 6) is 1.42. The van der Waals surface area contributed by atoms with Crippen LogP contribution in [0, 0.1) is 0 Å². The van der Waals surface area contributed by atoms with Gasteiger partial charge in [-0.3, -0.25) is 9.66 Å². The molecule has 1 aromatic heterocycles. The van der Waals surface area contributed by atoms with E-state index in [-0.39, 0.29) is 4.47 Å². The van der Waals surface area contributed by atoms with E-state index in [2.05, 4.69) is 31.1 Å². The molecule has 0 saturated carbocycles. The molecule has 0 amide bonds. The standard InChI is InChI=1S/C18H17BrF2N3O3PS/c19-15-11-12(8-9-14(15)18(20,21)28(25,26)27)5-4-10-29-17-22-16(23-24-17)13-6-2-1-3-7-13/h1-3,6-9,11H,4-5,10H2,(H,22,23,24)(H2,25,26,27). The first-order chi connectivity index (χ1) is 13.7. The summed E-state index contributed by atoms with van der Waals surface area (Å²) < 4.78 is 38.7. The van der Waals surface area contributed by atoms with Crippen LogP contribution in [0.2, 0.25) is 0 Å². The second kappa shape index (κ2) is 9.06. The highest BCUT2D eigenvalue weighted by molar-refractivity contribution is 9.10. The minimum atomic E-state index is -5.60. The number of nitrogens with one attached hydrogen (secondary N) is 1. The molecule has 0 saturated heterocycles. The van der Waals surface area contributed by atoms with Crippen LogP contribution in [0.3, 0.4) is 0 Å². The molecule has 0 aliphatic carbocycles. The molecule has 2 aromatic carbocycles. The Bertz CT molecular complexity index is 1030. The lowest BCUT2D eigenvalue weighted by molar-refractivity contribution is 0.0557. The number of aryl methyl sites for hydroxylation is 1. The van der Waals surface area contributed by atoms with Gasteiger partial charge in [0.05, 0.1) is 0 Å². The maximum atomic E-state index is 13.9. The number of benzene rings is 2. The van der Waals surface area contributed by atoms with Gasteiger partial charge in [0.25, 0.3) is 0 Å². The van der Waals surface area contributed by atoms with E-state index in [1.807, 2.05) is 30.3 Å². The van der Waals surface area contributed by atoms with E-state index in [4.69, 9.17) is 9.79 Å². The lowest BCUT2D eigenvalue weighted by Crippen LogP contribution is -2.14. The van der Waals surface area contributed by atoms with Gasteiger partial charge in [-0.2, -0.15) is 8.78 Å². The molecule has 0 bridgehead atoms. The Morgan fingerprint density at radius 3 is 2.55 bits per heavy atom. The van der Waals surface area contributed by atoms with Crippen molar-refractivity contribution >= 4 is 35.3 Å². The van der Waals surface area contributed by atoms with Crippen LogP contribution in [0.5, 0.6) is 0 Å². The van der Waals surface area contributed by atoms with Gasteiger partial charge in [0.1, 0.15) is 0 Å². The molecule has 3 N–H and O–H groups in total. The van der Waals surface area contributed by atoms with Crippen molar-refractivity contribution in [3.8, 4) is 11.4 Å². The van der Waals surface area contributed by atoms with Crippen LogP contribution in [0.15, 0.2) is 58.2 Å². The second-order valence-electron chi connectivity index (χ2n) is 6.18. The Hall–Kier alpha value is -1.58. The molecule has 0 spiro atoms. The molecule has 0 aliphatic rings. The molecular formula is C18H17BrF2N3O3PS. The van der Waals surface area contributed by atoms with Gasteiger partial charge >= 0.3 is 13.3 Å². The normalized spacial score (nSPS) is 12.3. The molecule has 6 nitrogen and oxygen atoms in total. The number of aromatic nitrogens is 3. The zero-order chi connectivity index (χ0) is 21.1. The van der Waals surface area contributed by atoms with Gasteiger partial charge in [-0.1, -0.05) is 70.2 Å². The van der Waals surface area contributed by atoms with Crippen LogP contribution in [-0.2, 0) is 16.6 Å². The van der Waals surface area contributed by atoms with E-state index in [0.29, 0.717) is 17.4 Å². The highest BCUT2D eigenvalue weighted by atomic mass is 79.9. The molecule has 1 heterocycles. The fourth-order valence-electron chi connectivity index (χ4n) is 2.59. The first kappa shape index (κ1) is 22.1. The van der Waals surface area contributed by atoms with Crippen LogP contribution in [0.1, 0.15) is 17.5 Å².